The van der Waals surface area contributed by atoms with Crippen LogP contribution in [0.25, 0.3) is 0 Å². The summed E-state index contributed by atoms with van der Waals surface area (Å²) < 4.78 is 1.67. The number of aromatic nitrogens is 2. The summed E-state index contributed by atoms with van der Waals surface area (Å²) in [4.78, 5) is 16.2. The van der Waals surface area contributed by atoms with Gasteiger partial charge in [-0.25, -0.2) is 4.98 Å². The zero-order valence-corrected chi connectivity index (χ0v) is 11.6. The van der Waals surface area contributed by atoms with E-state index in [1.807, 2.05) is 27.7 Å². The number of rotatable bonds is 4. The van der Waals surface area contributed by atoms with E-state index in [4.69, 9.17) is 11.6 Å². The van der Waals surface area contributed by atoms with Crippen LogP contribution in [-0.4, -0.2) is 21.5 Å². The van der Waals surface area contributed by atoms with Crippen molar-refractivity contribution in [3.8, 4) is 0 Å². The second-order valence-corrected chi connectivity index (χ2v) is 5.86. The Morgan fingerprint density at radius 3 is 2.71 bits per heavy atom. The molecule has 0 spiro atoms. The van der Waals surface area contributed by atoms with E-state index >= 15 is 0 Å². The van der Waals surface area contributed by atoms with Gasteiger partial charge in [0.1, 0.15) is 0 Å². The molecule has 0 fully saturated rings. The van der Waals surface area contributed by atoms with E-state index in [-0.39, 0.29) is 16.5 Å². The van der Waals surface area contributed by atoms with Gasteiger partial charge in [-0.2, -0.15) is 0 Å². The molecule has 0 aliphatic carbocycles. The van der Waals surface area contributed by atoms with Gasteiger partial charge < -0.3 is 9.88 Å². The lowest BCUT2D eigenvalue weighted by Gasteiger charge is -2.22. The van der Waals surface area contributed by atoms with Crippen molar-refractivity contribution in [1.29, 1.82) is 0 Å². The van der Waals surface area contributed by atoms with Gasteiger partial charge >= 0.3 is 0 Å². The van der Waals surface area contributed by atoms with Crippen LogP contribution in [0.2, 0.25) is 0 Å². The number of hydrogen-bond acceptors (Lipinski definition) is 3. The predicted octanol–water partition coefficient (Wildman–Crippen LogP) is 2.43. The molecule has 5 heteroatoms. The van der Waals surface area contributed by atoms with Crippen LogP contribution < -0.4 is 10.9 Å². The van der Waals surface area contributed by atoms with Gasteiger partial charge in [0.05, 0.1) is 0 Å². The van der Waals surface area contributed by atoms with Crippen LogP contribution in [0.5, 0.6) is 0 Å². The van der Waals surface area contributed by atoms with Crippen molar-refractivity contribution in [2.75, 3.05) is 11.9 Å². The molecule has 0 aliphatic rings. The molecule has 0 bridgehead atoms. The summed E-state index contributed by atoms with van der Waals surface area (Å²) >= 11 is 5.84. The summed E-state index contributed by atoms with van der Waals surface area (Å²) in [7, 11) is 0. The molecule has 96 valence electrons. The molecule has 1 aromatic heterocycles. The van der Waals surface area contributed by atoms with E-state index in [2.05, 4.69) is 10.3 Å². The van der Waals surface area contributed by atoms with Crippen LogP contribution in [0.3, 0.4) is 0 Å². The molecule has 0 aromatic carbocycles. The fourth-order valence-corrected chi connectivity index (χ4v) is 1.56. The zero-order chi connectivity index (χ0) is 13.1. The quantitative estimate of drug-likeness (QED) is 0.843. The van der Waals surface area contributed by atoms with Crippen LogP contribution in [0, 0.1) is 0 Å². The van der Waals surface area contributed by atoms with Crippen molar-refractivity contribution in [1.82, 2.24) is 9.55 Å². The fourth-order valence-electron chi connectivity index (χ4n) is 1.45. The first kappa shape index (κ1) is 14.0. The highest BCUT2D eigenvalue weighted by molar-refractivity contribution is 6.20. The first-order valence-electron chi connectivity index (χ1n) is 5.78. The summed E-state index contributed by atoms with van der Waals surface area (Å²) in [5, 5.41) is 3.12. The SMILES string of the molecule is CC(Cl)CCNc1nccn(C(C)(C)C)c1=O. The summed E-state index contributed by atoms with van der Waals surface area (Å²) in [5.41, 5.74) is -0.335. The lowest BCUT2D eigenvalue weighted by molar-refractivity contribution is 0.383. The smallest absolute Gasteiger partial charge is 0.293 e. The third-order valence-corrected chi connectivity index (χ3v) is 2.62. The standard InChI is InChI=1S/C12H20ClN3O/c1-9(13)5-6-14-10-11(17)16(8-7-15-10)12(2,3)4/h7-9H,5-6H2,1-4H3,(H,14,15). The van der Waals surface area contributed by atoms with E-state index in [1.165, 1.54) is 0 Å². The number of alkyl halides is 1. The molecular formula is C12H20ClN3O. The maximum Gasteiger partial charge on any atom is 0.293 e. The third kappa shape index (κ3) is 4.04. The Labute approximate surface area is 107 Å². The van der Waals surface area contributed by atoms with E-state index in [9.17, 15) is 4.79 Å². The van der Waals surface area contributed by atoms with Gasteiger partial charge in [-0.3, -0.25) is 4.79 Å². The van der Waals surface area contributed by atoms with Crippen molar-refractivity contribution >= 4 is 17.4 Å². The number of nitrogens with one attached hydrogen (secondary N) is 1. The molecular weight excluding hydrogens is 238 g/mol. The highest BCUT2D eigenvalue weighted by atomic mass is 35.5. The molecule has 4 nitrogen and oxygen atoms in total. The lowest BCUT2D eigenvalue weighted by Crippen LogP contribution is -2.35. The van der Waals surface area contributed by atoms with E-state index in [0.29, 0.717) is 12.4 Å². The van der Waals surface area contributed by atoms with Crippen molar-refractivity contribution in [2.24, 2.45) is 0 Å². The average Bonchev–Trinajstić information content (AvgIpc) is 2.18. The van der Waals surface area contributed by atoms with Crippen LogP contribution >= 0.6 is 11.6 Å². The Hall–Kier alpha value is -1.03. The first-order chi connectivity index (χ1) is 7.82. The van der Waals surface area contributed by atoms with E-state index in [1.54, 1.807) is 17.0 Å². The molecule has 1 N–H and O–H groups in total. The molecule has 0 saturated carbocycles. The van der Waals surface area contributed by atoms with Crippen LogP contribution in [0.15, 0.2) is 17.2 Å². The predicted molar refractivity (Wildman–Crippen MR) is 71.9 cm³/mol. The zero-order valence-electron chi connectivity index (χ0n) is 10.8. The van der Waals surface area contributed by atoms with Gasteiger partial charge in [-0.05, 0) is 34.1 Å². The topological polar surface area (TPSA) is 46.9 Å². The average molecular weight is 258 g/mol. The largest absolute Gasteiger partial charge is 0.365 e. The minimum atomic E-state index is -0.240. The third-order valence-electron chi connectivity index (χ3n) is 2.40. The maximum atomic E-state index is 12.1. The maximum absolute atomic E-state index is 12.1. The van der Waals surface area contributed by atoms with Crippen molar-refractivity contribution in [2.45, 2.75) is 45.0 Å². The Balaban J connectivity index is 2.85. The Morgan fingerprint density at radius 1 is 1.53 bits per heavy atom. The molecule has 1 heterocycles. The van der Waals surface area contributed by atoms with Crippen molar-refractivity contribution < 1.29 is 0 Å². The second-order valence-electron chi connectivity index (χ2n) is 5.12. The first-order valence-corrected chi connectivity index (χ1v) is 6.22. The van der Waals surface area contributed by atoms with Crippen molar-refractivity contribution in [3.63, 3.8) is 0 Å². The summed E-state index contributed by atoms with van der Waals surface area (Å²) in [5.74, 6) is 0.389. The van der Waals surface area contributed by atoms with E-state index < -0.39 is 0 Å². The highest BCUT2D eigenvalue weighted by Gasteiger charge is 2.16. The minimum Gasteiger partial charge on any atom is -0.365 e. The molecule has 1 aromatic rings. The Morgan fingerprint density at radius 2 is 2.18 bits per heavy atom. The molecule has 17 heavy (non-hydrogen) atoms. The van der Waals surface area contributed by atoms with Gasteiger partial charge in [-0.15, -0.1) is 11.6 Å². The number of anilines is 1. The van der Waals surface area contributed by atoms with Gasteiger partial charge in [-0.1, -0.05) is 0 Å². The normalized spacial score (nSPS) is 13.5. The van der Waals surface area contributed by atoms with Crippen molar-refractivity contribution in [3.05, 3.63) is 22.7 Å². The molecule has 1 unspecified atom stereocenters. The molecule has 1 rings (SSSR count). The van der Waals surface area contributed by atoms with Gasteiger partial charge in [0, 0.05) is 29.9 Å². The van der Waals surface area contributed by atoms with Crippen LogP contribution in [0.1, 0.15) is 34.1 Å². The Bertz CT molecular complexity index is 420. The molecule has 1 atom stereocenters. The number of hydrogen-bond donors (Lipinski definition) is 1. The monoisotopic (exact) mass is 257 g/mol. The number of halogens is 1. The van der Waals surface area contributed by atoms with Gasteiger partial charge in [0.25, 0.3) is 5.56 Å². The summed E-state index contributed by atoms with van der Waals surface area (Å²) in [6.07, 6.45) is 4.14. The van der Waals surface area contributed by atoms with Crippen LogP contribution in [0.4, 0.5) is 5.82 Å². The van der Waals surface area contributed by atoms with E-state index in [0.717, 1.165) is 6.42 Å². The highest BCUT2D eigenvalue weighted by Crippen LogP contribution is 2.10. The molecule has 0 radical (unpaired) electrons. The Kier molecular flexibility index (Phi) is 4.57. The van der Waals surface area contributed by atoms with Crippen LogP contribution in [-0.2, 0) is 5.54 Å². The summed E-state index contributed by atoms with van der Waals surface area (Å²) in [6, 6.07) is 0. The molecule has 0 saturated heterocycles. The second kappa shape index (κ2) is 5.54. The molecule has 0 amide bonds. The molecule has 0 aliphatic heterocycles. The van der Waals surface area contributed by atoms with Gasteiger partial charge in [0.2, 0.25) is 0 Å². The number of nitrogens with zero attached hydrogens (tertiary/aromatic N) is 2. The van der Waals surface area contributed by atoms with Gasteiger partial charge in [0.15, 0.2) is 5.82 Å². The lowest BCUT2D eigenvalue weighted by atomic mass is 10.1. The summed E-state index contributed by atoms with van der Waals surface area (Å²) in [6.45, 7) is 8.53. The fraction of sp³-hybridized carbons (Fsp3) is 0.667. The minimum absolute atomic E-state index is 0.0936.